The van der Waals surface area contributed by atoms with Crippen LogP contribution < -0.4 is 10.1 Å². The van der Waals surface area contributed by atoms with Gasteiger partial charge in [-0.05, 0) is 24.3 Å². The number of fused-ring (bicyclic) bond motifs is 1. The highest BCUT2D eigenvalue weighted by atomic mass is 35.5. The van der Waals surface area contributed by atoms with Crippen molar-refractivity contribution in [3.8, 4) is 5.75 Å². The van der Waals surface area contributed by atoms with Gasteiger partial charge in [0.15, 0.2) is 0 Å². The zero-order valence-corrected chi connectivity index (χ0v) is 13.9. The van der Waals surface area contributed by atoms with Crippen molar-refractivity contribution < 1.29 is 13.9 Å². The van der Waals surface area contributed by atoms with Crippen molar-refractivity contribution in [3.63, 3.8) is 0 Å². The van der Waals surface area contributed by atoms with E-state index in [0.29, 0.717) is 24.2 Å². The lowest BCUT2D eigenvalue weighted by atomic mass is 9.89. The number of ether oxygens (including phenoxy) is 1. The maximum absolute atomic E-state index is 13.4. The Morgan fingerprint density at radius 1 is 1.32 bits per heavy atom. The predicted octanol–water partition coefficient (Wildman–Crippen LogP) is 3.47. The Bertz CT molecular complexity index is 937. The van der Waals surface area contributed by atoms with Crippen molar-refractivity contribution in [1.29, 1.82) is 0 Å². The van der Waals surface area contributed by atoms with Crippen molar-refractivity contribution in [1.82, 2.24) is 14.9 Å². The van der Waals surface area contributed by atoms with Crippen molar-refractivity contribution in [2.24, 2.45) is 0 Å². The molecule has 4 rings (SSSR count). The Morgan fingerprint density at radius 2 is 2.16 bits per heavy atom. The van der Waals surface area contributed by atoms with Gasteiger partial charge in [-0.15, -0.1) is 0 Å². The largest absolute Gasteiger partial charge is 0.490 e. The molecule has 0 aliphatic heterocycles. The molecule has 1 aliphatic carbocycles. The van der Waals surface area contributed by atoms with Crippen LogP contribution in [0.1, 0.15) is 23.2 Å². The standard InChI is InChI=1S/C18H15ClFN3O2/c19-15-5-4-12(9-16(15)20)25-13-7-11(8-13)22-18(24)14-10-21-23-6-2-1-3-17(14)23/h1-6,9-11,13H,7-8H2,(H,22,24)/t11-,13-. The Balaban J connectivity index is 1.33. The molecule has 1 fully saturated rings. The molecule has 128 valence electrons. The maximum atomic E-state index is 13.4. The summed E-state index contributed by atoms with van der Waals surface area (Å²) in [4.78, 5) is 12.4. The van der Waals surface area contributed by atoms with Crippen molar-refractivity contribution in [2.45, 2.75) is 25.0 Å². The number of nitrogens with zero attached hydrogens (tertiary/aromatic N) is 2. The Hall–Kier alpha value is -2.60. The monoisotopic (exact) mass is 359 g/mol. The molecule has 0 saturated heterocycles. The first kappa shape index (κ1) is 15.9. The van der Waals surface area contributed by atoms with E-state index >= 15 is 0 Å². The summed E-state index contributed by atoms with van der Waals surface area (Å²) in [5.41, 5.74) is 1.31. The summed E-state index contributed by atoms with van der Waals surface area (Å²) in [6, 6.07) is 9.98. The predicted molar refractivity (Wildman–Crippen MR) is 91.5 cm³/mol. The molecule has 0 radical (unpaired) electrons. The number of benzene rings is 1. The summed E-state index contributed by atoms with van der Waals surface area (Å²) >= 11 is 5.65. The van der Waals surface area contributed by atoms with Crippen LogP contribution in [0.3, 0.4) is 0 Å². The molecule has 5 nitrogen and oxygen atoms in total. The molecule has 1 N–H and O–H groups in total. The van der Waals surface area contributed by atoms with Crippen LogP contribution in [0, 0.1) is 5.82 Å². The van der Waals surface area contributed by atoms with E-state index < -0.39 is 5.82 Å². The second kappa shape index (κ2) is 6.37. The minimum absolute atomic E-state index is 0.0355. The summed E-state index contributed by atoms with van der Waals surface area (Å²) in [5, 5.41) is 7.21. The van der Waals surface area contributed by atoms with Gasteiger partial charge < -0.3 is 10.1 Å². The summed E-state index contributed by atoms with van der Waals surface area (Å²) in [6.07, 6.45) is 4.66. The number of rotatable bonds is 4. The third-order valence-electron chi connectivity index (χ3n) is 4.29. The van der Waals surface area contributed by atoms with Crippen LogP contribution in [0.15, 0.2) is 48.8 Å². The van der Waals surface area contributed by atoms with Gasteiger partial charge in [0.2, 0.25) is 0 Å². The first-order valence-electron chi connectivity index (χ1n) is 7.95. The normalized spacial score (nSPS) is 19.4. The Kier molecular flexibility index (Phi) is 4.05. The SMILES string of the molecule is O=C(N[C@H]1C[C@H](Oc2ccc(Cl)c(F)c2)C1)c1cnn2ccccc12. The molecule has 0 unspecified atom stereocenters. The fraction of sp³-hybridized carbons (Fsp3) is 0.222. The van der Waals surface area contributed by atoms with Crippen molar-refractivity contribution in [3.05, 3.63) is 65.2 Å². The molecule has 2 heterocycles. The first-order valence-corrected chi connectivity index (χ1v) is 8.33. The smallest absolute Gasteiger partial charge is 0.255 e. The highest BCUT2D eigenvalue weighted by Gasteiger charge is 2.32. The highest BCUT2D eigenvalue weighted by molar-refractivity contribution is 6.30. The van der Waals surface area contributed by atoms with E-state index in [4.69, 9.17) is 16.3 Å². The van der Waals surface area contributed by atoms with Gasteiger partial charge in [-0.1, -0.05) is 17.7 Å². The van der Waals surface area contributed by atoms with E-state index in [1.165, 1.54) is 12.1 Å². The maximum Gasteiger partial charge on any atom is 0.255 e. The molecule has 7 heteroatoms. The molecule has 1 amide bonds. The number of carbonyl (C=O) groups excluding carboxylic acids is 1. The first-order chi connectivity index (χ1) is 12.1. The number of hydrogen-bond donors (Lipinski definition) is 1. The van der Waals surface area contributed by atoms with Crippen LogP contribution in [0.4, 0.5) is 4.39 Å². The molecule has 3 aromatic rings. The number of amides is 1. The summed E-state index contributed by atoms with van der Waals surface area (Å²) in [6.45, 7) is 0. The molecule has 1 saturated carbocycles. The topological polar surface area (TPSA) is 55.6 Å². The minimum Gasteiger partial charge on any atom is -0.490 e. The molecule has 1 aliphatic rings. The van der Waals surface area contributed by atoms with Gasteiger partial charge in [-0.2, -0.15) is 5.10 Å². The van der Waals surface area contributed by atoms with Crippen LogP contribution in [0.2, 0.25) is 5.02 Å². The lowest BCUT2D eigenvalue weighted by Gasteiger charge is -2.35. The Morgan fingerprint density at radius 3 is 2.96 bits per heavy atom. The lowest BCUT2D eigenvalue weighted by Crippen LogP contribution is -2.49. The van der Waals surface area contributed by atoms with Gasteiger partial charge in [0.1, 0.15) is 17.7 Å². The third kappa shape index (κ3) is 3.17. The van der Waals surface area contributed by atoms with Gasteiger partial charge in [0.05, 0.1) is 22.3 Å². The highest BCUT2D eigenvalue weighted by Crippen LogP contribution is 2.28. The Labute approximate surface area is 148 Å². The van der Waals surface area contributed by atoms with Gasteiger partial charge in [0, 0.05) is 31.1 Å². The van der Waals surface area contributed by atoms with Gasteiger partial charge in [0.25, 0.3) is 5.91 Å². The van der Waals surface area contributed by atoms with E-state index in [2.05, 4.69) is 10.4 Å². The van der Waals surface area contributed by atoms with E-state index in [9.17, 15) is 9.18 Å². The van der Waals surface area contributed by atoms with Gasteiger partial charge >= 0.3 is 0 Å². The average Bonchev–Trinajstić information content (AvgIpc) is 3.00. The fourth-order valence-electron chi connectivity index (χ4n) is 2.89. The average molecular weight is 360 g/mol. The second-order valence-corrected chi connectivity index (χ2v) is 6.45. The quantitative estimate of drug-likeness (QED) is 0.776. The zero-order valence-electron chi connectivity index (χ0n) is 13.2. The number of carbonyl (C=O) groups is 1. The van der Waals surface area contributed by atoms with Crippen LogP contribution in [0.25, 0.3) is 5.52 Å². The number of nitrogens with one attached hydrogen (secondary N) is 1. The van der Waals surface area contributed by atoms with Crippen molar-refractivity contribution in [2.75, 3.05) is 0 Å². The van der Waals surface area contributed by atoms with Gasteiger partial charge in [-0.3, -0.25) is 4.79 Å². The lowest BCUT2D eigenvalue weighted by molar-refractivity contribution is 0.0701. The zero-order chi connectivity index (χ0) is 17.4. The van der Waals surface area contributed by atoms with E-state index in [-0.39, 0.29) is 23.1 Å². The van der Waals surface area contributed by atoms with Crippen molar-refractivity contribution >= 4 is 23.0 Å². The molecule has 0 atom stereocenters. The molecular weight excluding hydrogens is 345 g/mol. The van der Waals surface area contributed by atoms with Crippen LogP contribution in [-0.4, -0.2) is 27.7 Å². The van der Waals surface area contributed by atoms with E-state index in [1.54, 1.807) is 23.0 Å². The molecule has 1 aromatic carbocycles. The molecular formula is C18H15ClFN3O2. The summed E-state index contributed by atoms with van der Waals surface area (Å²) in [7, 11) is 0. The number of pyridine rings is 1. The van der Waals surface area contributed by atoms with E-state index in [1.807, 2.05) is 18.2 Å². The van der Waals surface area contributed by atoms with Crippen LogP contribution in [-0.2, 0) is 0 Å². The van der Waals surface area contributed by atoms with Crippen LogP contribution >= 0.6 is 11.6 Å². The molecule has 2 aromatic heterocycles. The third-order valence-corrected chi connectivity index (χ3v) is 4.60. The molecule has 0 bridgehead atoms. The summed E-state index contributed by atoms with van der Waals surface area (Å²) in [5.74, 6) is -0.210. The second-order valence-electron chi connectivity index (χ2n) is 6.05. The van der Waals surface area contributed by atoms with E-state index in [0.717, 1.165) is 5.52 Å². The number of aromatic nitrogens is 2. The number of hydrogen-bond acceptors (Lipinski definition) is 3. The van der Waals surface area contributed by atoms with Gasteiger partial charge in [-0.25, -0.2) is 8.91 Å². The molecule has 25 heavy (non-hydrogen) atoms. The van der Waals surface area contributed by atoms with Crippen LogP contribution in [0.5, 0.6) is 5.75 Å². The molecule has 0 spiro atoms. The minimum atomic E-state index is -0.503. The number of halogens is 2. The fourth-order valence-corrected chi connectivity index (χ4v) is 3.01. The summed E-state index contributed by atoms with van der Waals surface area (Å²) < 4.78 is 20.8.